The number of ketones is 1. The molecule has 0 amide bonds. The molecule has 0 aromatic carbocycles. The Morgan fingerprint density at radius 2 is 1.54 bits per heavy atom. The van der Waals surface area contributed by atoms with Gasteiger partial charge in [-0.05, 0) is 61.5 Å². The van der Waals surface area contributed by atoms with Crippen molar-refractivity contribution in [2.45, 2.75) is 80.1 Å². The molecular weight excluding hydrogens is 296 g/mol. The Morgan fingerprint density at radius 1 is 0.958 bits per heavy atom. The number of allylic oxidation sites excluding steroid dienone is 1. The molecule has 0 heterocycles. The summed E-state index contributed by atoms with van der Waals surface area (Å²) in [6.45, 7) is 16.2. The Balaban J connectivity index is 2.58. The molecule has 3 heteroatoms. The Kier molecular flexibility index (Phi) is 9.04. The zero-order chi connectivity index (χ0) is 18.2. The van der Waals surface area contributed by atoms with Crippen molar-refractivity contribution in [1.29, 1.82) is 0 Å². The van der Waals surface area contributed by atoms with Crippen molar-refractivity contribution in [2.24, 2.45) is 17.3 Å². The average molecular weight is 337 g/mol. The molecule has 0 aromatic rings. The third-order valence-electron chi connectivity index (χ3n) is 4.70. The highest BCUT2D eigenvalue weighted by Crippen LogP contribution is 2.35. The smallest absolute Gasteiger partial charge is 0.179 e. The van der Waals surface area contributed by atoms with Gasteiger partial charge >= 0.3 is 0 Å². The van der Waals surface area contributed by atoms with Crippen molar-refractivity contribution >= 4 is 5.78 Å². The van der Waals surface area contributed by atoms with Crippen molar-refractivity contribution in [1.82, 2.24) is 10.6 Å². The van der Waals surface area contributed by atoms with Crippen LogP contribution in [0, 0.1) is 17.3 Å². The van der Waals surface area contributed by atoms with E-state index in [1.54, 1.807) is 0 Å². The summed E-state index contributed by atoms with van der Waals surface area (Å²) in [6.07, 6.45) is 6.49. The van der Waals surface area contributed by atoms with E-state index < -0.39 is 0 Å². The van der Waals surface area contributed by atoms with Gasteiger partial charge in [0.15, 0.2) is 5.78 Å². The van der Waals surface area contributed by atoms with Crippen LogP contribution in [0.15, 0.2) is 11.3 Å². The molecule has 1 rings (SSSR count). The molecular formula is C21H40N2O. The van der Waals surface area contributed by atoms with Crippen LogP contribution in [0.2, 0.25) is 0 Å². The number of rotatable bonds is 11. The number of hydrogen-bond donors (Lipinski definition) is 2. The summed E-state index contributed by atoms with van der Waals surface area (Å²) in [5.41, 5.74) is 2.29. The van der Waals surface area contributed by atoms with E-state index in [4.69, 9.17) is 0 Å². The zero-order valence-corrected chi connectivity index (χ0v) is 16.9. The second-order valence-corrected chi connectivity index (χ2v) is 9.10. The van der Waals surface area contributed by atoms with Gasteiger partial charge in [0.25, 0.3) is 0 Å². The first-order chi connectivity index (χ1) is 11.2. The fourth-order valence-corrected chi connectivity index (χ4v) is 3.42. The van der Waals surface area contributed by atoms with E-state index in [-0.39, 0.29) is 5.41 Å². The van der Waals surface area contributed by atoms with E-state index in [9.17, 15) is 4.79 Å². The van der Waals surface area contributed by atoms with Gasteiger partial charge in [0.2, 0.25) is 0 Å². The second-order valence-electron chi connectivity index (χ2n) is 9.10. The summed E-state index contributed by atoms with van der Waals surface area (Å²) in [5.74, 6) is 1.79. The maximum Gasteiger partial charge on any atom is 0.179 e. The summed E-state index contributed by atoms with van der Waals surface area (Å²) >= 11 is 0. The Morgan fingerprint density at radius 3 is 2.12 bits per heavy atom. The first-order valence-corrected chi connectivity index (χ1v) is 9.91. The maximum atomic E-state index is 12.6. The van der Waals surface area contributed by atoms with E-state index >= 15 is 0 Å². The van der Waals surface area contributed by atoms with Crippen LogP contribution in [-0.4, -0.2) is 25.4 Å². The Bertz CT molecular complexity index is 422. The standard InChI is InChI=1S/C21H40N2O/c1-16(2)9-7-11-22-15-18-13-21(5,6)14-19(24)20(18)23-12-8-10-17(3)4/h16-17,22-23H,7-15H2,1-6H3. The first-order valence-electron chi connectivity index (χ1n) is 9.91. The molecule has 0 aliphatic heterocycles. The topological polar surface area (TPSA) is 41.1 Å². The maximum absolute atomic E-state index is 12.6. The molecule has 0 saturated carbocycles. The van der Waals surface area contributed by atoms with Crippen molar-refractivity contribution in [2.75, 3.05) is 19.6 Å². The minimum atomic E-state index is 0.0924. The van der Waals surface area contributed by atoms with Crippen LogP contribution in [-0.2, 0) is 4.79 Å². The fraction of sp³-hybridized carbons (Fsp3) is 0.857. The van der Waals surface area contributed by atoms with Gasteiger partial charge in [0, 0.05) is 19.5 Å². The van der Waals surface area contributed by atoms with Crippen LogP contribution < -0.4 is 10.6 Å². The minimum Gasteiger partial charge on any atom is -0.382 e. The molecule has 0 fully saturated rings. The van der Waals surface area contributed by atoms with Crippen LogP contribution in [0.4, 0.5) is 0 Å². The van der Waals surface area contributed by atoms with Crippen LogP contribution in [0.1, 0.15) is 80.1 Å². The fourth-order valence-electron chi connectivity index (χ4n) is 3.42. The molecule has 0 unspecified atom stereocenters. The molecule has 1 aliphatic carbocycles. The summed E-state index contributed by atoms with van der Waals surface area (Å²) < 4.78 is 0. The number of nitrogens with one attached hydrogen (secondary N) is 2. The van der Waals surface area contributed by atoms with Crippen molar-refractivity contribution in [3.63, 3.8) is 0 Å². The van der Waals surface area contributed by atoms with Gasteiger partial charge in [-0.1, -0.05) is 41.5 Å². The molecule has 0 aromatic heterocycles. The molecule has 1 aliphatic rings. The summed E-state index contributed by atoms with van der Waals surface area (Å²) in [7, 11) is 0. The van der Waals surface area contributed by atoms with E-state index in [0.29, 0.717) is 12.2 Å². The lowest BCUT2D eigenvalue weighted by molar-refractivity contribution is -0.118. The molecule has 0 radical (unpaired) electrons. The molecule has 0 spiro atoms. The predicted molar refractivity (Wildman–Crippen MR) is 104 cm³/mol. The quantitative estimate of drug-likeness (QED) is 0.538. The molecule has 3 nitrogen and oxygen atoms in total. The van der Waals surface area contributed by atoms with E-state index in [1.807, 2.05) is 0 Å². The van der Waals surface area contributed by atoms with Crippen LogP contribution in [0.3, 0.4) is 0 Å². The highest BCUT2D eigenvalue weighted by atomic mass is 16.1. The highest BCUT2D eigenvalue weighted by Gasteiger charge is 2.32. The molecule has 0 saturated heterocycles. The van der Waals surface area contributed by atoms with Crippen LogP contribution in [0.5, 0.6) is 0 Å². The molecule has 0 atom stereocenters. The highest BCUT2D eigenvalue weighted by molar-refractivity contribution is 5.97. The van der Waals surface area contributed by atoms with Gasteiger partial charge in [-0.15, -0.1) is 0 Å². The first kappa shape index (κ1) is 21.2. The number of Topliss-reactive ketones (excluding diaryl/α,β-unsaturated/α-hetero) is 1. The lowest BCUT2D eigenvalue weighted by Gasteiger charge is -2.33. The van der Waals surface area contributed by atoms with E-state index in [2.05, 4.69) is 52.2 Å². The van der Waals surface area contributed by atoms with Crippen LogP contribution in [0.25, 0.3) is 0 Å². The number of carbonyl (C=O) groups is 1. The van der Waals surface area contributed by atoms with Crippen LogP contribution >= 0.6 is 0 Å². The van der Waals surface area contributed by atoms with Gasteiger partial charge in [-0.25, -0.2) is 0 Å². The Labute approximate surface area is 150 Å². The summed E-state index contributed by atoms with van der Waals surface area (Å²) in [5, 5.41) is 7.02. The van der Waals surface area contributed by atoms with Gasteiger partial charge in [-0.3, -0.25) is 4.79 Å². The monoisotopic (exact) mass is 336 g/mol. The van der Waals surface area contributed by atoms with Crippen molar-refractivity contribution in [3.8, 4) is 0 Å². The largest absolute Gasteiger partial charge is 0.382 e. The third kappa shape index (κ3) is 8.32. The second kappa shape index (κ2) is 10.2. The zero-order valence-electron chi connectivity index (χ0n) is 16.9. The molecule has 2 N–H and O–H groups in total. The van der Waals surface area contributed by atoms with Gasteiger partial charge in [0.1, 0.15) is 0 Å². The van der Waals surface area contributed by atoms with Gasteiger partial charge < -0.3 is 10.6 Å². The number of carbonyl (C=O) groups excluding carboxylic acids is 1. The SMILES string of the molecule is CC(C)CCCNCC1=C(NCCCC(C)C)C(=O)CC(C)(C)C1. The Hall–Kier alpha value is -0.830. The normalized spacial score (nSPS) is 17.9. The summed E-state index contributed by atoms with van der Waals surface area (Å²) in [4.78, 5) is 12.6. The predicted octanol–water partition coefficient (Wildman–Crippen LogP) is 4.68. The summed E-state index contributed by atoms with van der Waals surface area (Å²) in [6, 6.07) is 0. The number of hydrogen-bond acceptors (Lipinski definition) is 3. The molecule has 0 bridgehead atoms. The average Bonchev–Trinajstić information content (AvgIpc) is 2.43. The molecule has 140 valence electrons. The van der Waals surface area contributed by atoms with Gasteiger partial charge in [0.05, 0.1) is 5.70 Å². The molecule has 24 heavy (non-hydrogen) atoms. The van der Waals surface area contributed by atoms with Gasteiger partial charge in [-0.2, -0.15) is 0 Å². The lowest BCUT2D eigenvalue weighted by atomic mass is 9.75. The van der Waals surface area contributed by atoms with E-state index in [1.165, 1.54) is 24.8 Å². The van der Waals surface area contributed by atoms with Crippen molar-refractivity contribution in [3.05, 3.63) is 11.3 Å². The third-order valence-corrected chi connectivity index (χ3v) is 4.70. The van der Waals surface area contributed by atoms with E-state index in [0.717, 1.165) is 50.0 Å². The minimum absolute atomic E-state index is 0.0924. The van der Waals surface area contributed by atoms with Crippen molar-refractivity contribution < 1.29 is 4.79 Å². The lowest BCUT2D eigenvalue weighted by Crippen LogP contribution is -2.36.